The van der Waals surface area contributed by atoms with E-state index in [1.807, 2.05) is 6.07 Å². The summed E-state index contributed by atoms with van der Waals surface area (Å²) in [4.78, 5) is 15.8. The summed E-state index contributed by atoms with van der Waals surface area (Å²) < 4.78 is 19.8. The smallest absolute Gasteiger partial charge is 0.236 e. The van der Waals surface area contributed by atoms with Gasteiger partial charge in [0.05, 0.1) is 7.11 Å². The van der Waals surface area contributed by atoms with Gasteiger partial charge in [-0.05, 0) is 56.1 Å². The average Bonchev–Trinajstić information content (AvgIpc) is 3.09. The topological polar surface area (TPSA) is 89.2 Å². The zero-order valence-corrected chi connectivity index (χ0v) is 19.5. The van der Waals surface area contributed by atoms with Crippen LogP contribution in [0.2, 0.25) is 0 Å². The predicted molar refractivity (Wildman–Crippen MR) is 128 cm³/mol. The quantitative estimate of drug-likeness (QED) is 0.561. The van der Waals surface area contributed by atoms with Gasteiger partial charge in [-0.1, -0.05) is 38.5 Å². The summed E-state index contributed by atoms with van der Waals surface area (Å²) in [6.07, 6.45) is 13.1. The lowest BCUT2D eigenvalue weighted by Crippen LogP contribution is -2.40. The molecule has 178 valence electrons. The van der Waals surface area contributed by atoms with Crippen molar-refractivity contribution in [3.63, 3.8) is 0 Å². The number of fused-ring (bicyclic) bond motifs is 3. The maximum atomic E-state index is 14.7. The van der Waals surface area contributed by atoms with Gasteiger partial charge in [-0.3, -0.25) is 0 Å². The molecule has 0 radical (unpaired) electrons. The van der Waals surface area contributed by atoms with Crippen molar-refractivity contribution in [1.29, 1.82) is 0 Å². The molecule has 33 heavy (non-hydrogen) atoms. The number of hydrogen-bond acceptors (Lipinski definition) is 7. The number of anilines is 4. The van der Waals surface area contributed by atoms with Gasteiger partial charge in [-0.2, -0.15) is 15.0 Å². The molecule has 1 unspecified atom stereocenters. The SMILES string of the molecule is COc1ccc(N(c2nc(N)nc(NC3CC4CCC3CC4)n2)C2CCCCCC2)cc1F. The van der Waals surface area contributed by atoms with Gasteiger partial charge in [0.2, 0.25) is 17.8 Å². The van der Waals surface area contributed by atoms with Crippen LogP contribution in [-0.2, 0) is 0 Å². The second-order valence-corrected chi connectivity index (χ2v) is 9.92. The molecular weight excluding hydrogens is 419 g/mol. The largest absolute Gasteiger partial charge is 0.494 e. The highest BCUT2D eigenvalue weighted by molar-refractivity contribution is 5.61. The van der Waals surface area contributed by atoms with Gasteiger partial charge in [0.25, 0.3) is 0 Å². The number of hydrogen-bond donors (Lipinski definition) is 2. The van der Waals surface area contributed by atoms with Gasteiger partial charge in [0, 0.05) is 23.8 Å². The minimum Gasteiger partial charge on any atom is -0.494 e. The Morgan fingerprint density at radius 2 is 1.76 bits per heavy atom. The number of nitrogen functional groups attached to an aromatic ring is 1. The summed E-state index contributed by atoms with van der Waals surface area (Å²) in [7, 11) is 1.48. The highest BCUT2D eigenvalue weighted by Gasteiger charge is 2.36. The van der Waals surface area contributed by atoms with Gasteiger partial charge in [-0.15, -0.1) is 0 Å². The summed E-state index contributed by atoms with van der Waals surface area (Å²) >= 11 is 0. The lowest BCUT2D eigenvalue weighted by Gasteiger charge is -2.42. The number of ether oxygens (including phenoxy) is 1. The highest BCUT2D eigenvalue weighted by Crippen LogP contribution is 2.42. The third-order valence-electron chi connectivity index (χ3n) is 7.82. The summed E-state index contributed by atoms with van der Waals surface area (Å²) in [5.41, 5.74) is 6.89. The van der Waals surface area contributed by atoms with Crippen LogP contribution in [0.5, 0.6) is 5.75 Å². The minimum absolute atomic E-state index is 0.181. The summed E-state index contributed by atoms with van der Waals surface area (Å²) in [5, 5.41) is 3.58. The summed E-state index contributed by atoms with van der Waals surface area (Å²) in [6, 6.07) is 5.62. The molecule has 4 saturated carbocycles. The third kappa shape index (κ3) is 4.84. The molecule has 4 fully saturated rings. The Kier molecular flexibility index (Phi) is 6.51. The highest BCUT2D eigenvalue weighted by atomic mass is 19.1. The molecule has 3 N–H and O–H groups in total. The lowest BCUT2D eigenvalue weighted by molar-refractivity contribution is 0.157. The molecule has 2 aromatic rings. The summed E-state index contributed by atoms with van der Waals surface area (Å²) in [5.74, 6) is 2.51. The monoisotopic (exact) mass is 454 g/mol. The van der Waals surface area contributed by atoms with E-state index >= 15 is 0 Å². The van der Waals surface area contributed by atoms with E-state index in [-0.39, 0.29) is 17.7 Å². The van der Waals surface area contributed by atoms with E-state index in [1.54, 1.807) is 6.07 Å². The van der Waals surface area contributed by atoms with Gasteiger partial charge < -0.3 is 20.7 Å². The van der Waals surface area contributed by atoms with Crippen molar-refractivity contribution in [2.75, 3.05) is 23.1 Å². The van der Waals surface area contributed by atoms with Crippen molar-refractivity contribution in [3.8, 4) is 5.75 Å². The van der Waals surface area contributed by atoms with Gasteiger partial charge in [-0.25, -0.2) is 4.39 Å². The van der Waals surface area contributed by atoms with Crippen molar-refractivity contribution in [2.24, 2.45) is 11.8 Å². The number of nitrogens with one attached hydrogen (secondary N) is 1. The van der Waals surface area contributed by atoms with Crippen molar-refractivity contribution >= 4 is 23.5 Å². The van der Waals surface area contributed by atoms with E-state index in [2.05, 4.69) is 20.2 Å². The number of rotatable bonds is 6. The van der Waals surface area contributed by atoms with Crippen LogP contribution in [0, 0.1) is 17.7 Å². The van der Waals surface area contributed by atoms with Crippen molar-refractivity contribution < 1.29 is 9.13 Å². The first kappa shape index (κ1) is 22.2. The number of benzene rings is 1. The Balaban J connectivity index is 1.48. The molecule has 8 heteroatoms. The maximum absolute atomic E-state index is 14.7. The Morgan fingerprint density at radius 1 is 1.00 bits per heavy atom. The standard InChI is InChI=1S/C25H35FN6O/c1-33-22-13-12-19(15-20(22)26)32(18-6-4-2-3-5-7-18)25-30-23(27)29-24(31-25)28-21-14-16-8-10-17(21)11-9-16/h12-13,15-18,21H,2-11,14H2,1H3,(H3,27,28,29,30,31). The van der Waals surface area contributed by atoms with Crippen LogP contribution in [0.25, 0.3) is 0 Å². The van der Waals surface area contributed by atoms with E-state index in [9.17, 15) is 4.39 Å². The fraction of sp³-hybridized carbons (Fsp3) is 0.640. The first-order chi connectivity index (χ1) is 16.1. The molecule has 4 aliphatic carbocycles. The molecule has 1 heterocycles. The fourth-order valence-corrected chi connectivity index (χ4v) is 6.08. The first-order valence-electron chi connectivity index (χ1n) is 12.5. The van der Waals surface area contributed by atoms with E-state index in [4.69, 9.17) is 15.5 Å². The van der Waals surface area contributed by atoms with Crippen LogP contribution in [0.1, 0.15) is 70.6 Å². The van der Waals surface area contributed by atoms with E-state index in [0.29, 0.717) is 29.5 Å². The molecule has 1 aromatic heterocycles. The Labute approximate surface area is 195 Å². The Bertz CT molecular complexity index is 956. The van der Waals surface area contributed by atoms with Gasteiger partial charge in [0.15, 0.2) is 11.6 Å². The van der Waals surface area contributed by atoms with Gasteiger partial charge >= 0.3 is 0 Å². The maximum Gasteiger partial charge on any atom is 0.236 e. The number of halogens is 1. The van der Waals surface area contributed by atoms with Crippen molar-refractivity contribution in [1.82, 2.24) is 15.0 Å². The van der Waals surface area contributed by atoms with E-state index < -0.39 is 5.82 Å². The molecule has 0 saturated heterocycles. The lowest BCUT2D eigenvalue weighted by atomic mass is 9.68. The van der Waals surface area contributed by atoms with Crippen LogP contribution in [0.4, 0.5) is 27.9 Å². The molecule has 4 aliphatic rings. The van der Waals surface area contributed by atoms with Crippen LogP contribution < -0.4 is 20.7 Å². The molecule has 7 nitrogen and oxygen atoms in total. The zero-order chi connectivity index (χ0) is 22.8. The molecule has 0 spiro atoms. The van der Waals surface area contributed by atoms with Crippen LogP contribution in [0.3, 0.4) is 0 Å². The van der Waals surface area contributed by atoms with Crippen LogP contribution in [-0.4, -0.2) is 34.1 Å². The van der Waals surface area contributed by atoms with E-state index in [1.165, 1.54) is 58.1 Å². The summed E-state index contributed by atoms with van der Waals surface area (Å²) in [6.45, 7) is 0. The first-order valence-corrected chi connectivity index (χ1v) is 12.5. The molecule has 1 aromatic carbocycles. The van der Waals surface area contributed by atoms with Crippen molar-refractivity contribution in [2.45, 2.75) is 82.7 Å². The Hall–Kier alpha value is -2.64. The number of nitrogens with zero attached hydrogens (tertiary/aromatic N) is 4. The Morgan fingerprint density at radius 3 is 2.39 bits per heavy atom. The molecule has 0 aliphatic heterocycles. The van der Waals surface area contributed by atoms with E-state index in [0.717, 1.165) is 31.6 Å². The molecule has 1 atom stereocenters. The number of nitrogens with two attached hydrogens (primary N) is 1. The van der Waals surface area contributed by atoms with Crippen LogP contribution >= 0.6 is 0 Å². The number of methoxy groups -OCH3 is 1. The minimum atomic E-state index is -0.396. The fourth-order valence-electron chi connectivity index (χ4n) is 6.08. The second-order valence-electron chi connectivity index (χ2n) is 9.92. The third-order valence-corrected chi connectivity index (χ3v) is 7.82. The molecule has 2 bridgehead atoms. The van der Waals surface area contributed by atoms with Gasteiger partial charge in [0.1, 0.15) is 0 Å². The second kappa shape index (κ2) is 9.69. The van der Waals surface area contributed by atoms with Crippen molar-refractivity contribution in [3.05, 3.63) is 24.0 Å². The molecule has 0 amide bonds. The van der Waals surface area contributed by atoms with Crippen LogP contribution in [0.15, 0.2) is 18.2 Å². The molecular formula is C25H35FN6O. The normalized spacial score (nSPS) is 25.5. The number of aromatic nitrogens is 3. The molecule has 6 rings (SSSR count). The average molecular weight is 455 g/mol. The predicted octanol–water partition coefficient (Wildman–Crippen LogP) is 5.45. The zero-order valence-electron chi connectivity index (χ0n) is 19.5.